The largest absolute Gasteiger partial charge is 0.369 e. The molecule has 0 spiro atoms. The van der Waals surface area contributed by atoms with Crippen molar-refractivity contribution in [2.75, 3.05) is 54.1 Å². The van der Waals surface area contributed by atoms with Gasteiger partial charge >= 0.3 is 0 Å². The van der Waals surface area contributed by atoms with E-state index < -0.39 is 0 Å². The summed E-state index contributed by atoms with van der Waals surface area (Å²) in [6.07, 6.45) is 0. The van der Waals surface area contributed by atoms with Gasteiger partial charge in [-0.1, -0.05) is 18.2 Å². The summed E-state index contributed by atoms with van der Waals surface area (Å²) in [6, 6.07) is 15.2. The van der Waals surface area contributed by atoms with E-state index in [0.717, 1.165) is 60.9 Å². The fraction of sp³-hybridized carbons (Fsp3) is 0.458. The van der Waals surface area contributed by atoms with Crippen molar-refractivity contribution in [3.8, 4) is 0 Å². The molecule has 0 aromatic heterocycles. The second-order valence-electron chi connectivity index (χ2n) is 8.34. The molecule has 0 unspecified atom stereocenters. The minimum atomic E-state index is 0.0988. The Labute approximate surface area is 174 Å². The standard InChI is InChI=1S/C24H32N4O/c1-5-25-17-28(22-9-7-6-8-19(22)4)24(29)21-16-20(10-11-23(21)25)27-14-12-26(13-15-27)18(2)3/h6-11,16,18H,5,12-15,17H2,1-4H3. The van der Waals surface area contributed by atoms with Crippen molar-refractivity contribution < 1.29 is 4.79 Å². The number of carbonyl (C=O) groups is 1. The molecule has 0 radical (unpaired) electrons. The van der Waals surface area contributed by atoms with E-state index >= 15 is 0 Å². The van der Waals surface area contributed by atoms with E-state index in [9.17, 15) is 4.79 Å². The van der Waals surface area contributed by atoms with Gasteiger partial charge in [0.1, 0.15) is 0 Å². The first-order valence-electron chi connectivity index (χ1n) is 10.7. The van der Waals surface area contributed by atoms with Crippen molar-refractivity contribution in [1.82, 2.24) is 4.90 Å². The minimum absolute atomic E-state index is 0.0988. The Morgan fingerprint density at radius 2 is 1.69 bits per heavy atom. The highest BCUT2D eigenvalue weighted by atomic mass is 16.2. The summed E-state index contributed by atoms with van der Waals surface area (Å²) >= 11 is 0. The number of benzene rings is 2. The van der Waals surface area contributed by atoms with E-state index in [0.29, 0.717) is 12.7 Å². The first kappa shape index (κ1) is 19.8. The van der Waals surface area contributed by atoms with Crippen molar-refractivity contribution in [2.24, 2.45) is 0 Å². The number of nitrogens with zero attached hydrogens (tertiary/aromatic N) is 4. The number of rotatable bonds is 4. The van der Waals surface area contributed by atoms with E-state index in [-0.39, 0.29) is 5.91 Å². The SMILES string of the molecule is CCN1CN(c2ccccc2C)C(=O)c2cc(N3CCN(C(C)C)CC3)ccc21. The zero-order chi connectivity index (χ0) is 20.5. The molecule has 2 aromatic carbocycles. The summed E-state index contributed by atoms with van der Waals surface area (Å²) < 4.78 is 0. The molecule has 2 aliphatic heterocycles. The van der Waals surface area contributed by atoms with E-state index in [1.54, 1.807) is 0 Å². The maximum Gasteiger partial charge on any atom is 0.261 e. The van der Waals surface area contributed by atoms with Gasteiger partial charge in [-0.25, -0.2) is 0 Å². The molecule has 2 aromatic rings. The Bertz CT molecular complexity index is 886. The molecule has 1 saturated heterocycles. The van der Waals surface area contributed by atoms with Crippen LogP contribution >= 0.6 is 0 Å². The third-order valence-corrected chi connectivity index (χ3v) is 6.31. The van der Waals surface area contributed by atoms with Crippen molar-refractivity contribution in [3.63, 3.8) is 0 Å². The van der Waals surface area contributed by atoms with Crippen LogP contribution in [0, 0.1) is 6.92 Å². The highest BCUT2D eigenvalue weighted by Gasteiger charge is 2.31. The topological polar surface area (TPSA) is 30.0 Å². The lowest BCUT2D eigenvalue weighted by Crippen LogP contribution is -2.49. The highest BCUT2D eigenvalue weighted by molar-refractivity contribution is 6.12. The second kappa shape index (κ2) is 8.07. The van der Waals surface area contributed by atoms with Crippen LogP contribution in [0.2, 0.25) is 0 Å². The van der Waals surface area contributed by atoms with Crippen LogP contribution < -0.4 is 14.7 Å². The quantitative estimate of drug-likeness (QED) is 0.788. The van der Waals surface area contributed by atoms with Gasteiger partial charge in [0.05, 0.1) is 17.9 Å². The third-order valence-electron chi connectivity index (χ3n) is 6.31. The molecule has 0 saturated carbocycles. The summed E-state index contributed by atoms with van der Waals surface area (Å²) in [5.74, 6) is 0.0988. The maximum atomic E-state index is 13.5. The van der Waals surface area contributed by atoms with Crippen molar-refractivity contribution >= 4 is 23.0 Å². The molecule has 1 fully saturated rings. The average Bonchev–Trinajstić information content (AvgIpc) is 2.74. The average molecular weight is 393 g/mol. The van der Waals surface area contributed by atoms with Gasteiger partial charge in [-0.3, -0.25) is 14.6 Å². The van der Waals surface area contributed by atoms with Crippen LogP contribution in [0.1, 0.15) is 36.7 Å². The van der Waals surface area contributed by atoms with Crippen LogP contribution in [0.5, 0.6) is 0 Å². The number of piperazine rings is 1. The number of amides is 1. The molecule has 0 atom stereocenters. The van der Waals surface area contributed by atoms with E-state index in [4.69, 9.17) is 0 Å². The molecule has 29 heavy (non-hydrogen) atoms. The van der Waals surface area contributed by atoms with E-state index in [2.05, 4.69) is 66.7 Å². The van der Waals surface area contributed by atoms with Gasteiger partial charge in [-0.15, -0.1) is 0 Å². The van der Waals surface area contributed by atoms with Crippen LogP contribution in [0.15, 0.2) is 42.5 Å². The fourth-order valence-electron chi connectivity index (χ4n) is 4.44. The molecule has 4 rings (SSSR count). The molecule has 5 heteroatoms. The van der Waals surface area contributed by atoms with Gasteiger partial charge in [-0.2, -0.15) is 0 Å². The van der Waals surface area contributed by atoms with Crippen molar-refractivity contribution in [2.45, 2.75) is 33.7 Å². The van der Waals surface area contributed by atoms with Gasteiger partial charge in [0.2, 0.25) is 0 Å². The van der Waals surface area contributed by atoms with Crippen LogP contribution in [0.25, 0.3) is 0 Å². The van der Waals surface area contributed by atoms with Gasteiger partial charge < -0.3 is 9.80 Å². The number of para-hydroxylation sites is 1. The molecule has 5 nitrogen and oxygen atoms in total. The maximum absolute atomic E-state index is 13.5. The highest BCUT2D eigenvalue weighted by Crippen LogP contribution is 2.34. The minimum Gasteiger partial charge on any atom is -0.369 e. The summed E-state index contributed by atoms with van der Waals surface area (Å²) in [7, 11) is 0. The molecule has 0 bridgehead atoms. The van der Waals surface area contributed by atoms with Gasteiger partial charge in [-0.05, 0) is 57.5 Å². The Morgan fingerprint density at radius 1 is 0.966 bits per heavy atom. The zero-order valence-corrected chi connectivity index (χ0v) is 18.1. The van der Waals surface area contributed by atoms with Gasteiger partial charge in [0, 0.05) is 50.1 Å². The number of aryl methyl sites for hydroxylation is 1. The summed E-state index contributed by atoms with van der Waals surface area (Å²) in [5.41, 5.74) is 5.14. The van der Waals surface area contributed by atoms with Crippen molar-refractivity contribution in [3.05, 3.63) is 53.6 Å². The normalized spacial score (nSPS) is 17.8. The summed E-state index contributed by atoms with van der Waals surface area (Å²) in [6.45, 7) is 14.3. The molecule has 1 amide bonds. The molecule has 154 valence electrons. The smallest absolute Gasteiger partial charge is 0.261 e. The number of anilines is 3. The van der Waals surface area contributed by atoms with Gasteiger partial charge in [0.25, 0.3) is 5.91 Å². The second-order valence-corrected chi connectivity index (χ2v) is 8.34. The third kappa shape index (κ3) is 3.71. The summed E-state index contributed by atoms with van der Waals surface area (Å²) in [5, 5.41) is 0. The number of hydrogen-bond donors (Lipinski definition) is 0. The Hall–Kier alpha value is -2.53. The predicted molar refractivity (Wildman–Crippen MR) is 121 cm³/mol. The van der Waals surface area contributed by atoms with Crippen LogP contribution in [-0.2, 0) is 0 Å². The molecular weight excluding hydrogens is 360 g/mol. The Kier molecular flexibility index (Phi) is 5.50. The van der Waals surface area contributed by atoms with Gasteiger partial charge in [0.15, 0.2) is 0 Å². The van der Waals surface area contributed by atoms with Crippen LogP contribution in [-0.4, -0.2) is 56.2 Å². The zero-order valence-electron chi connectivity index (χ0n) is 18.1. The van der Waals surface area contributed by atoms with Crippen LogP contribution in [0.4, 0.5) is 17.1 Å². The molecular formula is C24H32N4O. The predicted octanol–water partition coefficient (Wildman–Crippen LogP) is 3.97. The first-order valence-corrected chi connectivity index (χ1v) is 10.7. The lowest BCUT2D eigenvalue weighted by atomic mass is 10.0. The monoisotopic (exact) mass is 392 g/mol. The van der Waals surface area contributed by atoms with E-state index in [1.807, 2.05) is 23.1 Å². The molecule has 2 aliphatic rings. The Morgan fingerprint density at radius 3 is 2.34 bits per heavy atom. The van der Waals surface area contributed by atoms with Crippen LogP contribution in [0.3, 0.4) is 0 Å². The molecule has 0 aliphatic carbocycles. The van der Waals surface area contributed by atoms with E-state index in [1.165, 1.54) is 0 Å². The fourth-order valence-corrected chi connectivity index (χ4v) is 4.44. The number of carbonyl (C=O) groups excluding carboxylic acids is 1. The lowest BCUT2D eigenvalue weighted by Gasteiger charge is -2.40. The molecule has 2 heterocycles. The number of fused-ring (bicyclic) bond motifs is 1. The molecule has 0 N–H and O–H groups in total. The first-order chi connectivity index (χ1) is 14.0. The van der Waals surface area contributed by atoms with Crippen molar-refractivity contribution in [1.29, 1.82) is 0 Å². The summed E-state index contributed by atoms with van der Waals surface area (Å²) in [4.78, 5) is 22.6. The number of hydrogen-bond acceptors (Lipinski definition) is 4. The Balaban J connectivity index is 1.64. The lowest BCUT2D eigenvalue weighted by molar-refractivity contribution is 0.0982.